The van der Waals surface area contributed by atoms with Crippen LogP contribution in [0.5, 0.6) is 0 Å². The standard InChI is InChI=1S/C20H27N/c1-15-10-11-16(2)20(14-15)18(4)21-17(3)12-13-19-8-6-5-7-9-19/h5-11,14,17-18,21H,12-13H2,1-4H3. The molecule has 0 amide bonds. The molecule has 0 radical (unpaired) electrons. The van der Waals surface area contributed by atoms with Gasteiger partial charge >= 0.3 is 0 Å². The zero-order valence-electron chi connectivity index (χ0n) is 13.7. The highest BCUT2D eigenvalue weighted by molar-refractivity contribution is 5.32. The lowest BCUT2D eigenvalue weighted by Crippen LogP contribution is -2.29. The fourth-order valence-electron chi connectivity index (χ4n) is 2.85. The molecule has 0 saturated carbocycles. The third-order valence-electron chi connectivity index (χ3n) is 4.14. The smallest absolute Gasteiger partial charge is 0.0296 e. The number of rotatable bonds is 6. The third-order valence-corrected chi connectivity index (χ3v) is 4.14. The first kappa shape index (κ1) is 15.8. The highest BCUT2D eigenvalue weighted by atomic mass is 14.9. The van der Waals surface area contributed by atoms with Crippen molar-refractivity contribution in [2.45, 2.75) is 52.6 Å². The first-order valence-corrected chi connectivity index (χ1v) is 7.93. The fourth-order valence-corrected chi connectivity index (χ4v) is 2.85. The molecule has 1 nitrogen and oxygen atoms in total. The third kappa shape index (κ3) is 4.71. The summed E-state index contributed by atoms with van der Waals surface area (Å²) in [6.07, 6.45) is 2.30. The highest BCUT2D eigenvalue weighted by Crippen LogP contribution is 2.20. The molecule has 2 atom stereocenters. The SMILES string of the molecule is Cc1ccc(C)c(C(C)NC(C)CCc2ccccc2)c1. The van der Waals surface area contributed by atoms with Crippen LogP contribution in [0.2, 0.25) is 0 Å². The summed E-state index contributed by atoms with van der Waals surface area (Å²) in [7, 11) is 0. The Hall–Kier alpha value is -1.60. The Labute approximate surface area is 129 Å². The van der Waals surface area contributed by atoms with Gasteiger partial charge in [0.05, 0.1) is 0 Å². The minimum Gasteiger partial charge on any atom is -0.308 e. The van der Waals surface area contributed by atoms with Gasteiger partial charge in [0, 0.05) is 12.1 Å². The topological polar surface area (TPSA) is 12.0 Å². The summed E-state index contributed by atoms with van der Waals surface area (Å²) < 4.78 is 0. The van der Waals surface area contributed by atoms with Gasteiger partial charge in [0.2, 0.25) is 0 Å². The van der Waals surface area contributed by atoms with Crippen LogP contribution in [0.4, 0.5) is 0 Å². The van der Waals surface area contributed by atoms with Crippen LogP contribution >= 0.6 is 0 Å². The Balaban J connectivity index is 1.90. The Bertz CT molecular complexity index is 559. The van der Waals surface area contributed by atoms with Crippen LogP contribution in [0.3, 0.4) is 0 Å². The zero-order valence-corrected chi connectivity index (χ0v) is 13.7. The summed E-state index contributed by atoms with van der Waals surface area (Å²) in [5.41, 5.74) is 5.55. The second kappa shape index (κ2) is 7.42. The van der Waals surface area contributed by atoms with E-state index in [1.165, 1.54) is 28.7 Å². The molecular formula is C20H27N. The molecule has 1 heteroatoms. The van der Waals surface area contributed by atoms with E-state index < -0.39 is 0 Å². The van der Waals surface area contributed by atoms with Crippen LogP contribution in [0.15, 0.2) is 48.5 Å². The van der Waals surface area contributed by atoms with Gasteiger partial charge in [0.1, 0.15) is 0 Å². The van der Waals surface area contributed by atoms with Gasteiger partial charge in [-0.3, -0.25) is 0 Å². The molecule has 1 N–H and O–H groups in total. The lowest BCUT2D eigenvalue weighted by Gasteiger charge is -2.22. The van der Waals surface area contributed by atoms with Gasteiger partial charge in [0.25, 0.3) is 0 Å². The van der Waals surface area contributed by atoms with Crippen molar-refractivity contribution < 1.29 is 0 Å². The average molecular weight is 281 g/mol. The molecule has 0 aliphatic rings. The maximum absolute atomic E-state index is 3.73. The summed E-state index contributed by atoms with van der Waals surface area (Å²) in [4.78, 5) is 0. The normalized spacial score (nSPS) is 13.9. The summed E-state index contributed by atoms with van der Waals surface area (Å²) in [5.74, 6) is 0. The maximum Gasteiger partial charge on any atom is 0.0296 e. The van der Waals surface area contributed by atoms with Crippen molar-refractivity contribution in [2.24, 2.45) is 0 Å². The monoisotopic (exact) mass is 281 g/mol. The van der Waals surface area contributed by atoms with Crippen molar-refractivity contribution in [1.29, 1.82) is 0 Å². The second-order valence-corrected chi connectivity index (χ2v) is 6.17. The first-order chi connectivity index (χ1) is 10.1. The molecular weight excluding hydrogens is 254 g/mol. The molecule has 0 saturated heterocycles. The number of hydrogen-bond donors (Lipinski definition) is 1. The lowest BCUT2D eigenvalue weighted by molar-refractivity contribution is 0.455. The molecule has 21 heavy (non-hydrogen) atoms. The molecule has 2 unspecified atom stereocenters. The van der Waals surface area contributed by atoms with Gasteiger partial charge in [-0.15, -0.1) is 0 Å². The maximum atomic E-state index is 3.73. The van der Waals surface area contributed by atoms with Gasteiger partial charge in [-0.05, 0) is 57.2 Å². The van der Waals surface area contributed by atoms with E-state index in [0.29, 0.717) is 12.1 Å². The van der Waals surface area contributed by atoms with Crippen LogP contribution in [0.1, 0.15) is 48.6 Å². The van der Waals surface area contributed by atoms with Gasteiger partial charge in [-0.1, -0.05) is 54.1 Å². The molecule has 0 spiro atoms. The van der Waals surface area contributed by atoms with Crippen molar-refractivity contribution >= 4 is 0 Å². The number of benzene rings is 2. The minimum absolute atomic E-state index is 0.399. The second-order valence-electron chi connectivity index (χ2n) is 6.17. The summed E-state index contributed by atoms with van der Waals surface area (Å²) in [6, 6.07) is 18.3. The Kier molecular flexibility index (Phi) is 5.58. The molecule has 0 aliphatic heterocycles. The Morgan fingerprint density at radius 3 is 2.38 bits per heavy atom. The molecule has 2 rings (SSSR count). The van der Waals surface area contributed by atoms with Gasteiger partial charge in [-0.25, -0.2) is 0 Å². The summed E-state index contributed by atoms with van der Waals surface area (Å²) in [5, 5.41) is 3.73. The van der Waals surface area contributed by atoms with Crippen LogP contribution in [0, 0.1) is 13.8 Å². The van der Waals surface area contributed by atoms with Gasteiger partial charge in [0.15, 0.2) is 0 Å². The molecule has 0 fully saturated rings. The molecule has 112 valence electrons. The van der Waals surface area contributed by atoms with Crippen molar-refractivity contribution in [1.82, 2.24) is 5.32 Å². The molecule has 0 bridgehead atoms. The van der Waals surface area contributed by atoms with Gasteiger partial charge < -0.3 is 5.32 Å². The Morgan fingerprint density at radius 2 is 1.67 bits per heavy atom. The molecule has 0 aromatic heterocycles. The van der Waals surface area contributed by atoms with E-state index in [1.54, 1.807) is 0 Å². The predicted octanol–water partition coefficient (Wildman–Crippen LogP) is 4.98. The average Bonchev–Trinajstić information content (AvgIpc) is 2.48. The summed E-state index contributed by atoms with van der Waals surface area (Å²) in [6.45, 7) is 8.90. The van der Waals surface area contributed by atoms with Crippen LogP contribution in [0.25, 0.3) is 0 Å². The molecule has 0 aliphatic carbocycles. The number of hydrogen-bond acceptors (Lipinski definition) is 1. The van der Waals surface area contributed by atoms with Crippen molar-refractivity contribution in [3.05, 3.63) is 70.8 Å². The predicted molar refractivity (Wildman–Crippen MR) is 91.7 cm³/mol. The van der Waals surface area contributed by atoms with Crippen molar-refractivity contribution in [2.75, 3.05) is 0 Å². The minimum atomic E-state index is 0.399. The van der Waals surface area contributed by atoms with Crippen molar-refractivity contribution in [3.8, 4) is 0 Å². The largest absolute Gasteiger partial charge is 0.308 e. The fraction of sp³-hybridized carbons (Fsp3) is 0.400. The molecule has 2 aromatic carbocycles. The van der Waals surface area contributed by atoms with E-state index in [-0.39, 0.29) is 0 Å². The lowest BCUT2D eigenvalue weighted by atomic mass is 9.98. The van der Waals surface area contributed by atoms with E-state index in [4.69, 9.17) is 0 Å². The molecule has 0 heterocycles. The highest BCUT2D eigenvalue weighted by Gasteiger charge is 2.11. The first-order valence-electron chi connectivity index (χ1n) is 7.93. The van der Waals surface area contributed by atoms with Crippen LogP contribution < -0.4 is 5.32 Å². The quantitative estimate of drug-likeness (QED) is 0.787. The van der Waals surface area contributed by atoms with Crippen LogP contribution in [-0.4, -0.2) is 6.04 Å². The zero-order chi connectivity index (χ0) is 15.2. The summed E-state index contributed by atoms with van der Waals surface area (Å²) >= 11 is 0. The Morgan fingerprint density at radius 1 is 0.952 bits per heavy atom. The van der Waals surface area contributed by atoms with E-state index in [9.17, 15) is 0 Å². The number of nitrogens with one attached hydrogen (secondary N) is 1. The van der Waals surface area contributed by atoms with E-state index >= 15 is 0 Å². The van der Waals surface area contributed by atoms with E-state index in [2.05, 4.69) is 81.5 Å². The van der Waals surface area contributed by atoms with E-state index in [0.717, 1.165) is 6.42 Å². The molecule has 2 aromatic rings. The van der Waals surface area contributed by atoms with Gasteiger partial charge in [-0.2, -0.15) is 0 Å². The van der Waals surface area contributed by atoms with Crippen LogP contribution in [-0.2, 0) is 6.42 Å². The van der Waals surface area contributed by atoms with E-state index in [1.807, 2.05) is 0 Å². The number of aryl methyl sites for hydroxylation is 3. The van der Waals surface area contributed by atoms with Crippen molar-refractivity contribution in [3.63, 3.8) is 0 Å².